The van der Waals surface area contributed by atoms with Crippen LogP contribution >= 0.6 is 0 Å². The van der Waals surface area contributed by atoms with Crippen LogP contribution < -0.4 is 24.4 Å². The van der Waals surface area contributed by atoms with Gasteiger partial charge in [-0.25, -0.2) is 0 Å². The van der Waals surface area contributed by atoms with Crippen LogP contribution in [-0.4, -0.2) is 74.1 Å². The zero-order valence-corrected chi connectivity index (χ0v) is 20.2. The van der Waals surface area contributed by atoms with E-state index in [4.69, 9.17) is 14.2 Å². The highest BCUT2D eigenvalue weighted by Gasteiger charge is 2.25. The van der Waals surface area contributed by atoms with Gasteiger partial charge in [-0.2, -0.15) is 0 Å². The van der Waals surface area contributed by atoms with Crippen LogP contribution in [0.25, 0.3) is 0 Å². The SMILES string of the molecule is COc1ccc(OC)c(CNC(=O)COc2ccc(N3CCN(C4CCCCC4)CC3)nn2)c1. The minimum atomic E-state index is -0.255. The summed E-state index contributed by atoms with van der Waals surface area (Å²) in [5, 5.41) is 11.3. The molecular weight excluding hydrogens is 434 g/mol. The number of hydrogen-bond acceptors (Lipinski definition) is 8. The third-order valence-electron chi connectivity index (χ3n) is 6.67. The molecule has 9 heteroatoms. The molecule has 4 rings (SSSR count). The van der Waals surface area contributed by atoms with Gasteiger partial charge in [0.2, 0.25) is 5.88 Å². The summed E-state index contributed by atoms with van der Waals surface area (Å²) in [6.45, 7) is 4.23. The zero-order chi connectivity index (χ0) is 23.8. The van der Waals surface area contributed by atoms with E-state index in [0.717, 1.165) is 43.6 Å². The van der Waals surface area contributed by atoms with E-state index in [1.54, 1.807) is 20.3 Å². The predicted molar refractivity (Wildman–Crippen MR) is 130 cm³/mol. The number of ether oxygens (including phenoxy) is 3. The van der Waals surface area contributed by atoms with Gasteiger partial charge in [0.05, 0.1) is 14.2 Å². The molecule has 0 spiro atoms. The number of rotatable bonds is 9. The van der Waals surface area contributed by atoms with Gasteiger partial charge in [0.1, 0.15) is 11.5 Å². The Bertz CT molecular complexity index is 925. The number of aromatic nitrogens is 2. The van der Waals surface area contributed by atoms with E-state index in [9.17, 15) is 4.79 Å². The molecule has 1 amide bonds. The minimum Gasteiger partial charge on any atom is -0.497 e. The first-order valence-electron chi connectivity index (χ1n) is 12.1. The number of piperazine rings is 1. The van der Waals surface area contributed by atoms with E-state index in [1.807, 2.05) is 24.3 Å². The van der Waals surface area contributed by atoms with Gasteiger partial charge in [0, 0.05) is 50.4 Å². The Morgan fingerprint density at radius 2 is 1.79 bits per heavy atom. The highest BCUT2D eigenvalue weighted by molar-refractivity contribution is 5.77. The maximum absolute atomic E-state index is 12.3. The first-order valence-corrected chi connectivity index (χ1v) is 12.1. The topological polar surface area (TPSA) is 89.1 Å². The van der Waals surface area contributed by atoms with Gasteiger partial charge >= 0.3 is 0 Å². The number of nitrogens with zero attached hydrogens (tertiary/aromatic N) is 4. The molecule has 0 atom stereocenters. The number of hydrogen-bond donors (Lipinski definition) is 1. The highest BCUT2D eigenvalue weighted by Crippen LogP contribution is 2.25. The van der Waals surface area contributed by atoms with Crippen LogP contribution in [0.3, 0.4) is 0 Å². The van der Waals surface area contributed by atoms with Crippen molar-refractivity contribution in [2.24, 2.45) is 0 Å². The van der Waals surface area contributed by atoms with Crippen molar-refractivity contribution < 1.29 is 19.0 Å². The van der Waals surface area contributed by atoms with Crippen molar-refractivity contribution >= 4 is 11.7 Å². The quantitative estimate of drug-likeness (QED) is 0.600. The van der Waals surface area contributed by atoms with E-state index >= 15 is 0 Å². The highest BCUT2D eigenvalue weighted by atomic mass is 16.5. The molecule has 1 N–H and O–H groups in total. The average molecular weight is 470 g/mol. The molecule has 1 aliphatic carbocycles. The maximum atomic E-state index is 12.3. The molecule has 2 fully saturated rings. The Morgan fingerprint density at radius 1 is 1.00 bits per heavy atom. The normalized spacial score (nSPS) is 17.3. The molecule has 0 radical (unpaired) electrons. The Kier molecular flexibility index (Phi) is 8.41. The van der Waals surface area contributed by atoms with Crippen LogP contribution in [0.5, 0.6) is 17.4 Å². The van der Waals surface area contributed by atoms with Crippen molar-refractivity contribution in [1.29, 1.82) is 0 Å². The molecule has 1 saturated carbocycles. The Balaban J connectivity index is 1.21. The number of carbonyl (C=O) groups excluding carboxylic acids is 1. The van der Waals surface area contributed by atoms with Crippen molar-refractivity contribution in [3.63, 3.8) is 0 Å². The molecule has 34 heavy (non-hydrogen) atoms. The summed E-state index contributed by atoms with van der Waals surface area (Å²) in [7, 11) is 3.19. The second-order valence-electron chi connectivity index (χ2n) is 8.79. The van der Waals surface area contributed by atoms with E-state index in [2.05, 4.69) is 25.3 Å². The minimum absolute atomic E-state index is 0.139. The van der Waals surface area contributed by atoms with Crippen molar-refractivity contribution in [1.82, 2.24) is 20.4 Å². The number of nitrogens with one attached hydrogen (secondary N) is 1. The predicted octanol–water partition coefficient (Wildman–Crippen LogP) is 2.64. The number of carbonyl (C=O) groups is 1. The molecule has 0 unspecified atom stereocenters. The Morgan fingerprint density at radius 3 is 2.47 bits per heavy atom. The lowest BCUT2D eigenvalue weighted by atomic mass is 9.94. The van der Waals surface area contributed by atoms with Gasteiger partial charge in [-0.3, -0.25) is 9.69 Å². The fraction of sp³-hybridized carbons (Fsp3) is 0.560. The molecule has 9 nitrogen and oxygen atoms in total. The summed E-state index contributed by atoms with van der Waals surface area (Å²) in [6.07, 6.45) is 6.80. The van der Waals surface area contributed by atoms with Crippen molar-refractivity contribution in [3.8, 4) is 17.4 Å². The molecule has 1 aliphatic heterocycles. The molecular formula is C25H35N5O4. The smallest absolute Gasteiger partial charge is 0.258 e. The third-order valence-corrected chi connectivity index (χ3v) is 6.67. The zero-order valence-electron chi connectivity index (χ0n) is 20.2. The lowest BCUT2D eigenvalue weighted by Crippen LogP contribution is -2.51. The van der Waals surface area contributed by atoms with Gasteiger partial charge in [-0.15, -0.1) is 10.2 Å². The summed E-state index contributed by atoms with van der Waals surface area (Å²) in [6, 6.07) is 9.90. The van der Waals surface area contributed by atoms with Crippen molar-refractivity contribution in [2.75, 3.05) is 51.9 Å². The van der Waals surface area contributed by atoms with E-state index in [1.165, 1.54) is 32.1 Å². The molecule has 2 aromatic rings. The molecule has 1 saturated heterocycles. The summed E-state index contributed by atoms with van der Waals surface area (Å²) >= 11 is 0. The molecule has 2 heterocycles. The third kappa shape index (κ3) is 6.28. The van der Waals surface area contributed by atoms with E-state index < -0.39 is 0 Å². The van der Waals surface area contributed by atoms with Crippen molar-refractivity contribution in [2.45, 2.75) is 44.7 Å². The van der Waals surface area contributed by atoms with Gasteiger partial charge in [0.15, 0.2) is 12.4 Å². The number of benzene rings is 1. The fourth-order valence-corrected chi connectivity index (χ4v) is 4.73. The molecule has 0 bridgehead atoms. The Hall–Kier alpha value is -3.07. The van der Waals surface area contributed by atoms with Crippen LogP contribution in [-0.2, 0) is 11.3 Å². The maximum Gasteiger partial charge on any atom is 0.258 e. The molecule has 2 aliphatic rings. The Labute approximate surface area is 201 Å². The van der Waals surface area contributed by atoms with Crippen molar-refractivity contribution in [3.05, 3.63) is 35.9 Å². The second-order valence-corrected chi connectivity index (χ2v) is 8.79. The van der Waals surface area contributed by atoms with Gasteiger partial charge in [-0.1, -0.05) is 19.3 Å². The van der Waals surface area contributed by atoms with Gasteiger partial charge in [-0.05, 0) is 37.1 Å². The number of amides is 1. The fourth-order valence-electron chi connectivity index (χ4n) is 4.73. The van der Waals surface area contributed by atoms with Crippen LogP contribution in [0, 0.1) is 0 Å². The van der Waals surface area contributed by atoms with E-state index in [-0.39, 0.29) is 12.5 Å². The standard InChI is InChI=1S/C25H35N5O4/c1-32-21-8-9-22(33-2)19(16-21)17-26-24(31)18-34-25-11-10-23(27-28-25)30-14-12-29(13-15-30)20-6-4-3-5-7-20/h8-11,16,20H,3-7,12-15,17-18H2,1-2H3,(H,26,31). The summed E-state index contributed by atoms with van der Waals surface area (Å²) in [5.41, 5.74) is 0.822. The van der Waals surface area contributed by atoms with Crippen LogP contribution in [0.15, 0.2) is 30.3 Å². The first-order chi connectivity index (χ1) is 16.7. The lowest BCUT2D eigenvalue weighted by molar-refractivity contribution is -0.123. The van der Waals surface area contributed by atoms with E-state index in [0.29, 0.717) is 23.9 Å². The van der Waals surface area contributed by atoms with Crippen LogP contribution in [0.2, 0.25) is 0 Å². The van der Waals surface area contributed by atoms with Gasteiger partial charge < -0.3 is 24.4 Å². The second kappa shape index (κ2) is 11.9. The van der Waals surface area contributed by atoms with Gasteiger partial charge in [0.25, 0.3) is 5.91 Å². The summed E-state index contributed by atoms with van der Waals surface area (Å²) in [4.78, 5) is 17.2. The molecule has 184 valence electrons. The van der Waals surface area contributed by atoms with Crippen LogP contribution in [0.1, 0.15) is 37.7 Å². The summed E-state index contributed by atoms with van der Waals surface area (Å²) < 4.78 is 16.1. The lowest BCUT2D eigenvalue weighted by Gasteiger charge is -2.41. The number of anilines is 1. The molecule has 1 aromatic heterocycles. The number of methoxy groups -OCH3 is 2. The molecule has 1 aromatic carbocycles. The largest absolute Gasteiger partial charge is 0.497 e. The average Bonchev–Trinajstić information content (AvgIpc) is 2.91. The first kappa shape index (κ1) is 24.1. The monoisotopic (exact) mass is 469 g/mol. The van der Waals surface area contributed by atoms with Crippen LogP contribution in [0.4, 0.5) is 5.82 Å². The summed E-state index contributed by atoms with van der Waals surface area (Å²) in [5.74, 6) is 2.31.